The molecule has 49 heavy (non-hydrogen) atoms. The largest absolute Gasteiger partial charge is 0.494 e. The van der Waals surface area contributed by atoms with Crippen molar-refractivity contribution in [2.24, 2.45) is 0 Å². The molecule has 0 saturated carbocycles. The van der Waals surface area contributed by atoms with Gasteiger partial charge in [0.1, 0.15) is 0 Å². The van der Waals surface area contributed by atoms with E-state index in [0.29, 0.717) is 5.82 Å². The predicted molar refractivity (Wildman–Crippen MR) is 202 cm³/mol. The Labute approximate surface area is 288 Å². The number of benzene rings is 6. The summed E-state index contributed by atoms with van der Waals surface area (Å²) in [6.07, 6.45) is 0. The van der Waals surface area contributed by atoms with Crippen molar-refractivity contribution in [2.45, 2.75) is 38.9 Å². The molecule has 5 heteroatoms. The minimum Gasteiger partial charge on any atom is -0.399 e. The molecule has 0 N–H and O–H groups in total. The van der Waals surface area contributed by atoms with Gasteiger partial charge >= 0.3 is 7.12 Å². The average molecular weight is 637 g/mol. The number of hydrogen-bond acceptors (Lipinski definition) is 4. The van der Waals surface area contributed by atoms with E-state index in [2.05, 4.69) is 155 Å². The van der Waals surface area contributed by atoms with Crippen molar-refractivity contribution in [3.8, 4) is 56.2 Å². The standard InChI is InChI=1S/C44H37BN2O2/c1-43(2)44(3,4)49-45(48-43)35-25-23-32(24-26-35)36-27-28-39(38-18-12-11-17-37(36)38)41-29-40(46-42(47-41)34-15-9-6-10-16-34)33-21-19-31(20-22-33)30-13-7-5-8-14-30/h5-29H,1-4H3. The van der Waals surface area contributed by atoms with E-state index in [-0.39, 0.29) is 11.2 Å². The van der Waals surface area contributed by atoms with Crippen molar-refractivity contribution in [3.05, 3.63) is 152 Å². The molecule has 1 aliphatic rings. The van der Waals surface area contributed by atoms with Crippen molar-refractivity contribution in [2.75, 3.05) is 0 Å². The van der Waals surface area contributed by atoms with Crippen LogP contribution in [0.1, 0.15) is 27.7 Å². The molecule has 2 heterocycles. The lowest BCUT2D eigenvalue weighted by Crippen LogP contribution is -2.41. The molecule has 1 saturated heterocycles. The molecule has 8 rings (SSSR count). The van der Waals surface area contributed by atoms with Crippen molar-refractivity contribution in [1.82, 2.24) is 9.97 Å². The average Bonchev–Trinajstić information content (AvgIpc) is 3.37. The minimum atomic E-state index is -0.390. The Morgan fingerprint density at radius 3 is 1.53 bits per heavy atom. The monoisotopic (exact) mass is 636 g/mol. The predicted octanol–water partition coefficient (Wildman–Crippen LogP) is 10.3. The topological polar surface area (TPSA) is 44.2 Å². The van der Waals surface area contributed by atoms with Gasteiger partial charge in [-0.1, -0.05) is 146 Å². The summed E-state index contributed by atoms with van der Waals surface area (Å²) in [7, 11) is -0.390. The van der Waals surface area contributed by atoms with Crippen molar-refractivity contribution >= 4 is 23.4 Å². The van der Waals surface area contributed by atoms with E-state index in [0.717, 1.165) is 55.4 Å². The first-order chi connectivity index (χ1) is 23.8. The van der Waals surface area contributed by atoms with Crippen LogP contribution in [0.2, 0.25) is 0 Å². The Balaban J connectivity index is 1.19. The van der Waals surface area contributed by atoms with E-state index in [4.69, 9.17) is 19.3 Å². The zero-order valence-electron chi connectivity index (χ0n) is 28.2. The molecule has 0 amide bonds. The van der Waals surface area contributed by atoms with Crippen LogP contribution in [0.25, 0.3) is 66.9 Å². The molecule has 238 valence electrons. The van der Waals surface area contributed by atoms with Gasteiger partial charge in [0.2, 0.25) is 0 Å². The molecule has 0 radical (unpaired) electrons. The molecule has 0 bridgehead atoms. The lowest BCUT2D eigenvalue weighted by Gasteiger charge is -2.32. The fraction of sp³-hybridized carbons (Fsp3) is 0.136. The van der Waals surface area contributed by atoms with E-state index < -0.39 is 7.12 Å². The molecule has 6 aromatic carbocycles. The van der Waals surface area contributed by atoms with Crippen LogP contribution in [0.5, 0.6) is 0 Å². The van der Waals surface area contributed by atoms with E-state index in [9.17, 15) is 0 Å². The van der Waals surface area contributed by atoms with Gasteiger partial charge in [-0.25, -0.2) is 9.97 Å². The fourth-order valence-electron chi connectivity index (χ4n) is 6.49. The van der Waals surface area contributed by atoms with Crippen LogP contribution >= 0.6 is 0 Å². The molecule has 7 aromatic rings. The SMILES string of the molecule is CC1(C)OB(c2ccc(-c3ccc(-c4cc(-c5ccc(-c6ccccc6)cc5)nc(-c5ccccc5)n4)c4ccccc34)cc2)OC1(C)C. The Bertz CT molecular complexity index is 2250. The minimum absolute atomic E-state index is 0.380. The van der Waals surface area contributed by atoms with E-state index in [1.165, 1.54) is 11.1 Å². The molecule has 1 aliphatic heterocycles. The van der Waals surface area contributed by atoms with Crippen LogP contribution < -0.4 is 5.46 Å². The van der Waals surface area contributed by atoms with Gasteiger partial charge in [0.15, 0.2) is 5.82 Å². The van der Waals surface area contributed by atoms with E-state index >= 15 is 0 Å². The second-order valence-corrected chi connectivity index (χ2v) is 13.7. The van der Waals surface area contributed by atoms with Gasteiger partial charge in [0, 0.05) is 16.7 Å². The molecular formula is C44H37BN2O2. The first-order valence-corrected chi connectivity index (χ1v) is 16.8. The quantitative estimate of drug-likeness (QED) is 0.171. The summed E-state index contributed by atoms with van der Waals surface area (Å²) in [5.74, 6) is 0.701. The zero-order valence-corrected chi connectivity index (χ0v) is 28.2. The molecular weight excluding hydrogens is 599 g/mol. The maximum absolute atomic E-state index is 6.31. The van der Waals surface area contributed by atoms with Gasteiger partial charge in [-0.05, 0) is 72.3 Å². The summed E-state index contributed by atoms with van der Waals surface area (Å²) >= 11 is 0. The maximum atomic E-state index is 6.31. The lowest BCUT2D eigenvalue weighted by atomic mass is 9.78. The van der Waals surface area contributed by atoms with Crippen LogP contribution in [0.3, 0.4) is 0 Å². The van der Waals surface area contributed by atoms with Crippen molar-refractivity contribution in [1.29, 1.82) is 0 Å². The van der Waals surface area contributed by atoms with Gasteiger partial charge in [-0.15, -0.1) is 0 Å². The summed E-state index contributed by atoms with van der Waals surface area (Å²) in [5, 5.41) is 2.30. The number of hydrogen-bond donors (Lipinski definition) is 0. The first kappa shape index (κ1) is 30.9. The third-order valence-corrected chi connectivity index (χ3v) is 9.99. The highest BCUT2D eigenvalue weighted by molar-refractivity contribution is 6.62. The molecule has 0 aliphatic carbocycles. The summed E-state index contributed by atoms with van der Waals surface area (Å²) in [4.78, 5) is 10.2. The number of rotatable bonds is 6. The molecule has 0 atom stereocenters. The molecule has 1 aromatic heterocycles. The van der Waals surface area contributed by atoms with Gasteiger partial charge in [0.05, 0.1) is 22.6 Å². The summed E-state index contributed by atoms with van der Waals surface area (Å²) in [6.45, 7) is 8.33. The van der Waals surface area contributed by atoms with Crippen molar-refractivity contribution in [3.63, 3.8) is 0 Å². The molecule has 0 spiro atoms. The summed E-state index contributed by atoms with van der Waals surface area (Å²) < 4.78 is 12.6. The van der Waals surface area contributed by atoms with Gasteiger partial charge in [0.25, 0.3) is 0 Å². The highest BCUT2D eigenvalue weighted by Gasteiger charge is 2.51. The van der Waals surface area contributed by atoms with Gasteiger partial charge in [-0.2, -0.15) is 0 Å². The van der Waals surface area contributed by atoms with Gasteiger partial charge in [-0.3, -0.25) is 0 Å². The summed E-state index contributed by atoms with van der Waals surface area (Å²) in [5.41, 5.74) is 9.78. The number of nitrogens with zero attached hydrogens (tertiary/aromatic N) is 2. The smallest absolute Gasteiger partial charge is 0.399 e. The highest BCUT2D eigenvalue weighted by atomic mass is 16.7. The van der Waals surface area contributed by atoms with Gasteiger partial charge < -0.3 is 9.31 Å². The Kier molecular flexibility index (Phi) is 7.75. The summed E-state index contributed by atoms with van der Waals surface area (Å²) in [6, 6.07) is 52.9. The third kappa shape index (κ3) is 5.86. The number of aromatic nitrogens is 2. The normalized spacial score (nSPS) is 15.1. The third-order valence-electron chi connectivity index (χ3n) is 9.99. The Morgan fingerprint density at radius 2 is 0.898 bits per heavy atom. The highest BCUT2D eigenvalue weighted by Crippen LogP contribution is 2.39. The fourth-order valence-corrected chi connectivity index (χ4v) is 6.49. The molecule has 1 fully saturated rings. The van der Waals surface area contributed by atoms with Crippen LogP contribution in [0.4, 0.5) is 0 Å². The second kappa shape index (κ2) is 12.3. The van der Waals surface area contributed by atoms with E-state index in [1.54, 1.807) is 0 Å². The van der Waals surface area contributed by atoms with E-state index in [1.807, 2.05) is 24.3 Å². The molecule has 0 unspecified atom stereocenters. The molecule has 4 nitrogen and oxygen atoms in total. The zero-order chi connectivity index (χ0) is 33.6. The van der Waals surface area contributed by atoms with Crippen LogP contribution in [0, 0.1) is 0 Å². The van der Waals surface area contributed by atoms with Crippen molar-refractivity contribution < 1.29 is 9.31 Å². The second-order valence-electron chi connectivity index (χ2n) is 13.7. The van der Waals surface area contributed by atoms with Crippen LogP contribution in [-0.2, 0) is 9.31 Å². The van der Waals surface area contributed by atoms with Crippen LogP contribution in [-0.4, -0.2) is 28.3 Å². The lowest BCUT2D eigenvalue weighted by molar-refractivity contribution is 0.00578. The van der Waals surface area contributed by atoms with Crippen LogP contribution in [0.15, 0.2) is 152 Å². The Morgan fingerprint density at radius 1 is 0.429 bits per heavy atom. The maximum Gasteiger partial charge on any atom is 0.494 e. The Hall–Kier alpha value is -5.36. The number of fused-ring (bicyclic) bond motifs is 1. The first-order valence-electron chi connectivity index (χ1n) is 16.8.